The van der Waals surface area contributed by atoms with E-state index in [4.69, 9.17) is 14.6 Å². The highest BCUT2D eigenvalue weighted by Crippen LogP contribution is 2.44. The number of fused-ring (bicyclic) bond motifs is 3. The predicted octanol–water partition coefficient (Wildman–Crippen LogP) is 1.64. The lowest BCUT2D eigenvalue weighted by atomic mass is 9.97. The smallest absolute Gasteiger partial charge is 0.408 e. The van der Waals surface area contributed by atoms with Crippen LogP contribution in [0.3, 0.4) is 0 Å². The number of carbonyl (C=O) groups excluding carboxylic acids is 2. The molecule has 0 saturated carbocycles. The second kappa shape index (κ2) is 9.60. The van der Waals surface area contributed by atoms with Crippen molar-refractivity contribution in [3.63, 3.8) is 0 Å². The topological polar surface area (TPSA) is 134 Å². The van der Waals surface area contributed by atoms with Gasteiger partial charge in [0.1, 0.15) is 12.1 Å². The molecule has 2 aromatic carbocycles. The lowest BCUT2D eigenvalue weighted by Gasteiger charge is -2.28. The largest absolute Gasteiger partial charge is 0.481 e. The first kappa shape index (κ1) is 22.8. The first-order valence-corrected chi connectivity index (χ1v) is 10.8. The molecule has 4 rings (SSSR count). The number of aliphatic carboxylic acids is 1. The van der Waals surface area contributed by atoms with Crippen molar-refractivity contribution >= 4 is 18.0 Å². The maximum Gasteiger partial charge on any atom is 0.408 e. The molecule has 2 atom stereocenters. The zero-order valence-electron chi connectivity index (χ0n) is 18.0. The summed E-state index contributed by atoms with van der Waals surface area (Å²) in [6.45, 7) is 0.0851. The van der Waals surface area contributed by atoms with Gasteiger partial charge in [0.15, 0.2) is 0 Å². The Bertz CT molecular complexity index is 1000. The SMILES string of the molecule is O=C(O)CC(O)CNC(=O)C1(NC(=O)OCC2c3ccccc3-c3ccccc32)CCOC1. The van der Waals surface area contributed by atoms with Gasteiger partial charge in [0.2, 0.25) is 5.91 Å². The van der Waals surface area contributed by atoms with Gasteiger partial charge in [0, 0.05) is 25.5 Å². The Kier molecular flexibility index (Phi) is 6.62. The van der Waals surface area contributed by atoms with Gasteiger partial charge in [0.25, 0.3) is 0 Å². The minimum atomic E-state index is -1.34. The standard InChI is InChI=1S/C24H26N2O7/c27-15(11-21(28)29)12-25-22(30)24(9-10-32-14-24)26-23(31)33-13-20-18-7-3-1-5-16(18)17-6-2-4-8-19(17)20/h1-8,15,20,27H,9-14H2,(H,25,30)(H,26,31)(H,28,29). The molecule has 9 nitrogen and oxygen atoms in total. The Balaban J connectivity index is 1.39. The van der Waals surface area contributed by atoms with E-state index in [0.29, 0.717) is 0 Å². The highest BCUT2D eigenvalue weighted by Gasteiger charge is 2.44. The number of hydrogen-bond donors (Lipinski definition) is 4. The van der Waals surface area contributed by atoms with E-state index in [9.17, 15) is 19.5 Å². The summed E-state index contributed by atoms with van der Waals surface area (Å²) in [5.74, 6) is -1.84. The zero-order valence-corrected chi connectivity index (χ0v) is 18.0. The third-order valence-corrected chi connectivity index (χ3v) is 6.05. The molecule has 9 heteroatoms. The summed E-state index contributed by atoms with van der Waals surface area (Å²) in [6.07, 6.45) is -2.24. The minimum absolute atomic E-state index is 0.0436. The lowest BCUT2D eigenvalue weighted by Crippen LogP contribution is -2.60. The number of ether oxygens (including phenoxy) is 2. The number of alkyl carbamates (subject to hydrolysis) is 1. The van der Waals surface area contributed by atoms with Crippen LogP contribution in [0, 0.1) is 0 Å². The van der Waals surface area contributed by atoms with Crippen LogP contribution in [0.15, 0.2) is 48.5 Å². The van der Waals surface area contributed by atoms with Crippen molar-refractivity contribution in [3.8, 4) is 11.1 Å². The van der Waals surface area contributed by atoms with Crippen LogP contribution in [0.25, 0.3) is 11.1 Å². The number of benzene rings is 2. The van der Waals surface area contributed by atoms with Crippen LogP contribution in [-0.2, 0) is 19.1 Å². The lowest BCUT2D eigenvalue weighted by molar-refractivity contribution is -0.139. The number of aliphatic hydroxyl groups excluding tert-OH is 1. The second-order valence-corrected chi connectivity index (χ2v) is 8.30. The summed E-state index contributed by atoms with van der Waals surface area (Å²) in [5, 5.41) is 23.6. The number of nitrogens with one attached hydrogen (secondary N) is 2. The van der Waals surface area contributed by atoms with E-state index < -0.39 is 36.0 Å². The Morgan fingerprint density at radius 1 is 1.09 bits per heavy atom. The first-order chi connectivity index (χ1) is 15.9. The second-order valence-electron chi connectivity index (χ2n) is 8.30. The molecule has 2 unspecified atom stereocenters. The number of hydrogen-bond acceptors (Lipinski definition) is 6. The van der Waals surface area contributed by atoms with Gasteiger partial charge in [-0.3, -0.25) is 9.59 Å². The highest BCUT2D eigenvalue weighted by molar-refractivity contribution is 5.90. The Morgan fingerprint density at radius 3 is 2.30 bits per heavy atom. The zero-order chi connectivity index (χ0) is 23.4. The molecule has 1 aliphatic carbocycles. The van der Waals surface area contributed by atoms with Crippen molar-refractivity contribution in [3.05, 3.63) is 59.7 Å². The van der Waals surface area contributed by atoms with Crippen LogP contribution >= 0.6 is 0 Å². The average molecular weight is 454 g/mol. The Labute approximate surface area is 190 Å². The van der Waals surface area contributed by atoms with E-state index in [2.05, 4.69) is 10.6 Å². The molecule has 1 heterocycles. The summed E-state index contributed by atoms with van der Waals surface area (Å²) in [7, 11) is 0. The number of carboxylic acid groups (broad SMARTS) is 1. The van der Waals surface area contributed by atoms with Crippen molar-refractivity contribution in [1.82, 2.24) is 10.6 Å². The molecule has 0 radical (unpaired) electrons. The number of carboxylic acids is 1. The van der Waals surface area contributed by atoms with Crippen LogP contribution in [0.1, 0.15) is 29.9 Å². The van der Waals surface area contributed by atoms with Crippen molar-refractivity contribution < 1.29 is 34.1 Å². The maximum absolute atomic E-state index is 12.8. The van der Waals surface area contributed by atoms with Crippen LogP contribution in [0.2, 0.25) is 0 Å². The molecular formula is C24H26N2O7. The fourth-order valence-corrected chi connectivity index (χ4v) is 4.38. The third-order valence-electron chi connectivity index (χ3n) is 6.05. The summed E-state index contributed by atoms with van der Waals surface area (Å²) in [5.41, 5.74) is 3.04. The molecule has 0 aromatic heterocycles. The molecule has 2 aromatic rings. The molecular weight excluding hydrogens is 428 g/mol. The molecule has 33 heavy (non-hydrogen) atoms. The normalized spacial score (nSPS) is 19.9. The monoisotopic (exact) mass is 454 g/mol. The summed E-state index contributed by atoms with van der Waals surface area (Å²) < 4.78 is 10.9. The van der Waals surface area contributed by atoms with E-state index in [1.165, 1.54) is 0 Å². The molecule has 0 spiro atoms. The summed E-state index contributed by atoms with van der Waals surface area (Å²) in [4.78, 5) is 36.1. The number of rotatable bonds is 8. The molecule has 4 N–H and O–H groups in total. The first-order valence-electron chi connectivity index (χ1n) is 10.8. The molecule has 2 aliphatic rings. The van der Waals surface area contributed by atoms with Crippen molar-refractivity contribution in [2.24, 2.45) is 0 Å². The van der Waals surface area contributed by atoms with Gasteiger partial charge < -0.3 is 30.3 Å². The van der Waals surface area contributed by atoms with Crippen molar-refractivity contribution in [2.45, 2.75) is 30.4 Å². The van der Waals surface area contributed by atoms with Crippen LogP contribution in [0.4, 0.5) is 4.79 Å². The molecule has 174 valence electrons. The Hall–Kier alpha value is -3.43. The summed E-state index contributed by atoms with van der Waals surface area (Å²) in [6, 6.07) is 16.0. The molecule has 1 fully saturated rings. The maximum atomic E-state index is 12.8. The van der Waals surface area contributed by atoms with Gasteiger partial charge >= 0.3 is 12.1 Å². The number of amides is 2. The van der Waals surface area contributed by atoms with Crippen molar-refractivity contribution in [2.75, 3.05) is 26.4 Å². The third kappa shape index (κ3) is 4.84. The summed E-state index contributed by atoms with van der Waals surface area (Å²) >= 11 is 0. The van der Waals surface area contributed by atoms with E-state index in [1.54, 1.807) is 0 Å². The van der Waals surface area contributed by atoms with E-state index in [-0.39, 0.29) is 38.7 Å². The van der Waals surface area contributed by atoms with Gasteiger partial charge in [-0.05, 0) is 22.3 Å². The van der Waals surface area contributed by atoms with E-state index >= 15 is 0 Å². The van der Waals surface area contributed by atoms with Crippen LogP contribution < -0.4 is 10.6 Å². The van der Waals surface area contributed by atoms with Crippen LogP contribution in [-0.4, -0.2) is 66.2 Å². The average Bonchev–Trinajstić information content (AvgIpc) is 3.39. The number of carbonyl (C=O) groups is 3. The van der Waals surface area contributed by atoms with E-state index in [0.717, 1.165) is 22.3 Å². The van der Waals surface area contributed by atoms with Gasteiger partial charge in [-0.1, -0.05) is 48.5 Å². The quantitative estimate of drug-likeness (QED) is 0.476. The fourth-order valence-electron chi connectivity index (χ4n) is 4.38. The molecule has 1 saturated heterocycles. The van der Waals surface area contributed by atoms with E-state index in [1.807, 2.05) is 48.5 Å². The van der Waals surface area contributed by atoms with Gasteiger partial charge in [-0.25, -0.2) is 4.79 Å². The molecule has 0 bridgehead atoms. The minimum Gasteiger partial charge on any atom is -0.481 e. The van der Waals surface area contributed by atoms with Gasteiger partial charge in [-0.15, -0.1) is 0 Å². The highest BCUT2D eigenvalue weighted by atomic mass is 16.6. The fraction of sp³-hybridized carbons (Fsp3) is 0.375. The number of aliphatic hydroxyl groups is 1. The van der Waals surface area contributed by atoms with Crippen LogP contribution in [0.5, 0.6) is 0 Å². The van der Waals surface area contributed by atoms with Gasteiger partial charge in [-0.2, -0.15) is 0 Å². The van der Waals surface area contributed by atoms with Gasteiger partial charge in [0.05, 0.1) is 19.1 Å². The predicted molar refractivity (Wildman–Crippen MR) is 118 cm³/mol. The Morgan fingerprint density at radius 2 is 1.73 bits per heavy atom. The van der Waals surface area contributed by atoms with Crippen molar-refractivity contribution in [1.29, 1.82) is 0 Å². The molecule has 1 aliphatic heterocycles. The molecule has 2 amide bonds.